The molecule has 116 valence electrons. The highest BCUT2D eigenvalue weighted by Crippen LogP contribution is 2.30. The highest BCUT2D eigenvalue weighted by Gasteiger charge is 2.31. The highest BCUT2D eigenvalue weighted by atomic mass is 15.2. The molecule has 0 spiro atoms. The highest BCUT2D eigenvalue weighted by molar-refractivity contribution is 4.90. The van der Waals surface area contributed by atoms with Crippen molar-refractivity contribution in [3.8, 4) is 0 Å². The maximum atomic E-state index is 6.49. The smallest absolute Gasteiger partial charge is 0.0166 e. The molecule has 2 heterocycles. The Balaban J connectivity index is 1.37. The predicted octanol–water partition coefficient (Wildman–Crippen LogP) is 2.60. The van der Waals surface area contributed by atoms with Gasteiger partial charge >= 0.3 is 0 Å². The van der Waals surface area contributed by atoms with Crippen molar-refractivity contribution in [2.24, 2.45) is 5.73 Å². The van der Waals surface area contributed by atoms with Crippen molar-refractivity contribution in [3.63, 3.8) is 0 Å². The Morgan fingerprint density at radius 1 is 0.850 bits per heavy atom. The van der Waals surface area contributed by atoms with Gasteiger partial charge in [0.15, 0.2) is 0 Å². The van der Waals surface area contributed by atoms with Crippen molar-refractivity contribution in [3.05, 3.63) is 0 Å². The molecule has 3 fully saturated rings. The van der Waals surface area contributed by atoms with E-state index in [0.717, 1.165) is 6.04 Å². The van der Waals surface area contributed by atoms with Crippen LogP contribution in [0.25, 0.3) is 0 Å². The van der Waals surface area contributed by atoms with Gasteiger partial charge in [-0.2, -0.15) is 0 Å². The maximum absolute atomic E-state index is 6.49. The van der Waals surface area contributed by atoms with E-state index in [1.165, 1.54) is 96.9 Å². The van der Waals surface area contributed by atoms with Crippen LogP contribution >= 0.6 is 0 Å². The number of hydrogen-bond donors (Lipinski definition) is 1. The average Bonchev–Trinajstić information content (AvgIpc) is 2.94. The first-order valence-electron chi connectivity index (χ1n) is 9.01. The molecule has 1 aliphatic carbocycles. The zero-order valence-electron chi connectivity index (χ0n) is 13.2. The summed E-state index contributed by atoms with van der Waals surface area (Å²) in [5, 5.41) is 0. The van der Waals surface area contributed by atoms with Gasteiger partial charge < -0.3 is 15.5 Å². The average molecular weight is 279 g/mol. The maximum Gasteiger partial charge on any atom is 0.0166 e. The first-order valence-corrected chi connectivity index (χ1v) is 9.01. The van der Waals surface area contributed by atoms with Crippen LogP contribution in [0.3, 0.4) is 0 Å². The minimum atomic E-state index is 0.184. The molecule has 0 amide bonds. The molecular formula is C17H33N3. The number of hydrogen-bond acceptors (Lipinski definition) is 3. The van der Waals surface area contributed by atoms with Gasteiger partial charge in [0.2, 0.25) is 0 Å². The Morgan fingerprint density at radius 3 is 2.15 bits per heavy atom. The first-order chi connectivity index (χ1) is 9.75. The lowest BCUT2D eigenvalue weighted by Crippen LogP contribution is -2.48. The summed E-state index contributed by atoms with van der Waals surface area (Å²) >= 11 is 0. The van der Waals surface area contributed by atoms with Crippen LogP contribution in [0.4, 0.5) is 0 Å². The molecule has 3 nitrogen and oxygen atoms in total. The normalized spacial score (nSPS) is 29.9. The standard InChI is InChI=1S/C17H33N3/c18-17(8-2-3-9-17)10-15-19-13-6-16(7-14-19)20-11-4-1-5-12-20/h16H,1-15,18H2. The number of nitrogens with zero attached hydrogens (tertiary/aromatic N) is 2. The Kier molecular flexibility index (Phi) is 5.00. The van der Waals surface area contributed by atoms with Crippen molar-refractivity contribution < 1.29 is 0 Å². The van der Waals surface area contributed by atoms with Crippen molar-refractivity contribution >= 4 is 0 Å². The van der Waals surface area contributed by atoms with Crippen LogP contribution in [-0.4, -0.2) is 54.1 Å². The molecule has 0 aromatic carbocycles. The van der Waals surface area contributed by atoms with Crippen molar-refractivity contribution in [2.45, 2.75) is 75.8 Å². The molecule has 3 aliphatic rings. The van der Waals surface area contributed by atoms with E-state index in [9.17, 15) is 0 Å². The third-order valence-corrected chi connectivity index (χ3v) is 5.99. The lowest BCUT2D eigenvalue weighted by Gasteiger charge is -2.40. The summed E-state index contributed by atoms with van der Waals surface area (Å²) in [6, 6.07) is 0.880. The number of rotatable bonds is 4. The molecule has 20 heavy (non-hydrogen) atoms. The molecule has 0 aromatic rings. The van der Waals surface area contributed by atoms with Gasteiger partial charge in [-0.05, 0) is 77.7 Å². The van der Waals surface area contributed by atoms with Gasteiger partial charge in [0.1, 0.15) is 0 Å². The van der Waals surface area contributed by atoms with Gasteiger partial charge in [-0.15, -0.1) is 0 Å². The molecule has 0 unspecified atom stereocenters. The van der Waals surface area contributed by atoms with Crippen molar-refractivity contribution in [1.29, 1.82) is 0 Å². The summed E-state index contributed by atoms with van der Waals surface area (Å²) < 4.78 is 0. The van der Waals surface area contributed by atoms with E-state index in [1.807, 2.05) is 0 Å². The van der Waals surface area contributed by atoms with E-state index in [1.54, 1.807) is 0 Å². The topological polar surface area (TPSA) is 32.5 Å². The fourth-order valence-corrected chi connectivity index (χ4v) is 4.50. The van der Waals surface area contributed by atoms with Gasteiger partial charge in [-0.1, -0.05) is 19.3 Å². The molecular weight excluding hydrogens is 246 g/mol. The van der Waals surface area contributed by atoms with Gasteiger partial charge in [0, 0.05) is 11.6 Å². The van der Waals surface area contributed by atoms with Gasteiger partial charge in [0.05, 0.1) is 0 Å². The van der Waals surface area contributed by atoms with Gasteiger partial charge in [-0.25, -0.2) is 0 Å². The quantitative estimate of drug-likeness (QED) is 0.858. The third kappa shape index (κ3) is 3.75. The Morgan fingerprint density at radius 2 is 1.50 bits per heavy atom. The zero-order chi connectivity index (χ0) is 13.8. The van der Waals surface area contributed by atoms with E-state index >= 15 is 0 Å². The SMILES string of the molecule is NC1(CCN2CCC(N3CCCCC3)CC2)CCCC1. The van der Waals surface area contributed by atoms with Crippen molar-refractivity contribution in [1.82, 2.24) is 9.80 Å². The summed E-state index contributed by atoms with van der Waals surface area (Å²) in [4.78, 5) is 5.44. The van der Waals surface area contributed by atoms with E-state index in [-0.39, 0.29) is 5.54 Å². The Bertz CT molecular complexity index is 285. The zero-order valence-corrected chi connectivity index (χ0v) is 13.2. The molecule has 3 heteroatoms. The summed E-state index contributed by atoms with van der Waals surface area (Å²) in [6.45, 7) is 6.56. The van der Waals surface area contributed by atoms with Crippen LogP contribution in [0.15, 0.2) is 0 Å². The lowest BCUT2D eigenvalue weighted by molar-refractivity contribution is 0.0890. The summed E-state index contributed by atoms with van der Waals surface area (Å²) in [6.07, 6.45) is 13.5. The lowest BCUT2D eigenvalue weighted by atomic mass is 9.93. The Hall–Kier alpha value is -0.120. The van der Waals surface area contributed by atoms with E-state index in [0.29, 0.717) is 0 Å². The van der Waals surface area contributed by atoms with Crippen LogP contribution in [0, 0.1) is 0 Å². The predicted molar refractivity (Wildman–Crippen MR) is 84.9 cm³/mol. The van der Waals surface area contributed by atoms with E-state index in [4.69, 9.17) is 5.73 Å². The van der Waals surface area contributed by atoms with Crippen LogP contribution < -0.4 is 5.73 Å². The molecule has 1 saturated carbocycles. The van der Waals surface area contributed by atoms with Crippen LogP contribution in [0.5, 0.6) is 0 Å². The molecule has 2 N–H and O–H groups in total. The first kappa shape index (κ1) is 14.8. The summed E-state index contributed by atoms with van der Waals surface area (Å²) in [7, 11) is 0. The number of piperidine rings is 2. The molecule has 0 bridgehead atoms. The largest absolute Gasteiger partial charge is 0.325 e. The minimum Gasteiger partial charge on any atom is -0.325 e. The number of likely N-dealkylation sites (tertiary alicyclic amines) is 2. The molecule has 3 rings (SSSR count). The van der Waals surface area contributed by atoms with E-state index in [2.05, 4.69) is 9.80 Å². The molecule has 2 aliphatic heterocycles. The molecule has 0 radical (unpaired) electrons. The Labute approximate surface area is 124 Å². The van der Waals surface area contributed by atoms with Crippen molar-refractivity contribution in [2.75, 3.05) is 32.7 Å². The van der Waals surface area contributed by atoms with E-state index < -0.39 is 0 Å². The summed E-state index contributed by atoms with van der Waals surface area (Å²) in [5.41, 5.74) is 6.67. The monoisotopic (exact) mass is 279 g/mol. The van der Waals surface area contributed by atoms with Crippen LogP contribution in [-0.2, 0) is 0 Å². The second-order valence-corrected chi connectivity index (χ2v) is 7.49. The van der Waals surface area contributed by atoms with Crippen LogP contribution in [0.2, 0.25) is 0 Å². The summed E-state index contributed by atoms with van der Waals surface area (Å²) in [5.74, 6) is 0. The van der Waals surface area contributed by atoms with Gasteiger partial charge in [0.25, 0.3) is 0 Å². The second-order valence-electron chi connectivity index (χ2n) is 7.49. The van der Waals surface area contributed by atoms with Crippen LogP contribution in [0.1, 0.15) is 64.2 Å². The molecule has 0 aromatic heterocycles. The molecule has 2 saturated heterocycles. The third-order valence-electron chi connectivity index (χ3n) is 5.99. The second kappa shape index (κ2) is 6.76. The van der Waals surface area contributed by atoms with Gasteiger partial charge in [-0.3, -0.25) is 0 Å². The molecule has 0 atom stereocenters. The minimum absolute atomic E-state index is 0.184. The number of nitrogens with two attached hydrogens (primary N) is 1. The fraction of sp³-hybridized carbons (Fsp3) is 1.00. The fourth-order valence-electron chi connectivity index (χ4n) is 4.50.